The number of halogens is 2. The van der Waals surface area contributed by atoms with E-state index in [1.807, 2.05) is 5.21 Å². The predicted octanol–water partition coefficient (Wildman–Crippen LogP) is 1.04. The molecular weight excluding hydrogens is 310 g/mol. The van der Waals surface area contributed by atoms with E-state index < -0.39 is 23.8 Å². The van der Waals surface area contributed by atoms with Crippen LogP contribution in [0.5, 0.6) is 0 Å². The average Bonchev–Trinajstić information content (AvgIpc) is 2.84. The molecule has 0 unspecified atom stereocenters. The third-order valence-corrected chi connectivity index (χ3v) is 3.79. The summed E-state index contributed by atoms with van der Waals surface area (Å²) < 4.78 is 22.2. The highest BCUT2D eigenvalue weighted by Gasteiger charge is 2.40. The van der Waals surface area contributed by atoms with Gasteiger partial charge in [-0.3, -0.25) is 4.57 Å². The highest BCUT2D eigenvalue weighted by molar-refractivity contribution is 7.62. The number of H-pyrrole nitrogens is 1. The maximum atomic E-state index is 12.3. The van der Waals surface area contributed by atoms with E-state index in [0.29, 0.717) is 0 Å². The van der Waals surface area contributed by atoms with Crippen molar-refractivity contribution < 1.29 is 18.5 Å². The summed E-state index contributed by atoms with van der Waals surface area (Å²) in [5, 5.41) is 19.4. The van der Waals surface area contributed by atoms with Gasteiger partial charge < -0.3 is 19.2 Å². The van der Waals surface area contributed by atoms with Crippen LogP contribution in [-0.4, -0.2) is 45.3 Å². The van der Waals surface area contributed by atoms with E-state index in [4.69, 9.17) is 32.2 Å². The summed E-state index contributed by atoms with van der Waals surface area (Å²) in [5.74, 6) is -0.637. The van der Waals surface area contributed by atoms with Crippen molar-refractivity contribution in [2.75, 3.05) is 25.0 Å². The summed E-state index contributed by atoms with van der Waals surface area (Å²) in [7, 11) is -3.96. The number of hydrogen-bond acceptors (Lipinski definition) is 7. The molecule has 9 nitrogen and oxygen atoms in total. The minimum absolute atomic E-state index is 0.0415. The molecule has 18 heavy (non-hydrogen) atoms. The van der Waals surface area contributed by atoms with Crippen molar-refractivity contribution in [1.29, 1.82) is 0 Å². The van der Waals surface area contributed by atoms with Crippen molar-refractivity contribution in [2.24, 2.45) is 0 Å². The lowest BCUT2D eigenvalue weighted by Crippen LogP contribution is -2.17. The normalized spacial score (nSPS) is 11.7. The second kappa shape index (κ2) is 7.01. The molecule has 0 bridgehead atoms. The molecule has 102 valence electrons. The highest BCUT2D eigenvalue weighted by atomic mass is 35.5. The molecule has 0 aromatic carbocycles. The number of hydrogen-bond donors (Lipinski definition) is 1. The topological polar surface area (TPSA) is 120 Å². The van der Waals surface area contributed by atoms with Crippen molar-refractivity contribution >= 4 is 42.1 Å². The largest absolute Gasteiger partial charge is 0.426 e. The maximum absolute atomic E-state index is 12.3. The van der Waals surface area contributed by atoms with Crippen LogP contribution in [-0.2, 0) is 13.6 Å². The van der Waals surface area contributed by atoms with Gasteiger partial charge in [-0.2, -0.15) is 0 Å². The number of nitro groups is 1. The van der Waals surface area contributed by atoms with Gasteiger partial charge in [-0.15, -0.1) is 33.5 Å². The number of aromatic amines is 1. The van der Waals surface area contributed by atoms with Gasteiger partial charge in [-0.05, 0) is 4.92 Å². The molecule has 1 aromatic rings. The summed E-state index contributed by atoms with van der Waals surface area (Å²) in [6.07, 6.45) is 0. The van der Waals surface area contributed by atoms with Crippen LogP contribution < -0.4 is 5.44 Å². The Labute approximate surface area is 111 Å². The first-order chi connectivity index (χ1) is 8.55. The molecule has 0 aliphatic carbocycles. The van der Waals surface area contributed by atoms with E-state index in [1.165, 1.54) is 0 Å². The number of alkyl halides is 2. The van der Waals surface area contributed by atoms with Crippen molar-refractivity contribution in [3.05, 3.63) is 10.1 Å². The van der Waals surface area contributed by atoms with E-state index in [-0.39, 0.29) is 25.0 Å². The summed E-state index contributed by atoms with van der Waals surface area (Å²) in [6, 6.07) is 0. The van der Waals surface area contributed by atoms with Crippen LogP contribution in [0.25, 0.3) is 0 Å². The van der Waals surface area contributed by atoms with Gasteiger partial charge >= 0.3 is 13.4 Å². The van der Waals surface area contributed by atoms with Gasteiger partial charge in [0.15, 0.2) is 0 Å². The van der Waals surface area contributed by atoms with Crippen LogP contribution in [0.1, 0.15) is 0 Å². The minimum atomic E-state index is -3.96. The van der Waals surface area contributed by atoms with Crippen LogP contribution in [0.15, 0.2) is 0 Å². The summed E-state index contributed by atoms with van der Waals surface area (Å²) in [4.78, 5) is 9.83. The fourth-order valence-electron chi connectivity index (χ4n) is 0.995. The Bertz CT molecular complexity index is 443. The van der Waals surface area contributed by atoms with E-state index >= 15 is 0 Å². The Balaban J connectivity index is 3.04. The average molecular weight is 319 g/mol. The molecule has 0 atom stereocenters. The Kier molecular flexibility index (Phi) is 5.97. The Morgan fingerprint density at radius 3 is 2.28 bits per heavy atom. The van der Waals surface area contributed by atoms with Gasteiger partial charge in [0.05, 0.1) is 18.3 Å². The van der Waals surface area contributed by atoms with E-state index in [9.17, 15) is 14.7 Å². The molecule has 0 saturated heterocycles. The fraction of sp³-hybridized carbons (Fsp3) is 0.667. The van der Waals surface area contributed by atoms with Gasteiger partial charge in [-0.1, -0.05) is 0 Å². The maximum Gasteiger partial charge on any atom is 0.426 e. The van der Waals surface area contributed by atoms with Gasteiger partial charge in [0, 0.05) is 11.8 Å². The smallest absolute Gasteiger partial charge is 0.358 e. The van der Waals surface area contributed by atoms with E-state index in [2.05, 4.69) is 10.2 Å². The first kappa shape index (κ1) is 15.3. The molecule has 12 heteroatoms. The van der Waals surface area contributed by atoms with Gasteiger partial charge in [-0.25, -0.2) is 0 Å². The first-order valence-corrected chi connectivity index (χ1v) is 7.23. The zero-order chi connectivity index (χ0) is 13.6. The molecule has 1 heterocycles. The number of aromatic nitrogens is 3. The van der Waals surface area contributed by atoms with Crippen molar-refractivity contribution in [3.8, 4) is 0 Å². The molecule has 1 N–H and O–H groups in total. The second-order valence-electron chi connectivity index (χ2n) is 2.77. The molecule has 0 spiro atoms. The van der Waals surface area contributed by atoms with Gasteiger partial charge in [0.2, 0.25) is 0 Å². The highest BCUT2D eigenvalue weighted by Crippen LogP contribution is 2.48. The van der Waals surface area contributed by atoms with Crippen molar-refractivity contribution in [1.82, 2.24) is 15.4 Å². The van der Waals surface area contributed by atoms with E-state index in [0.717, 1.165) is 0 Å². The molecule has 0 fully saturated rings. The molecule has 0 radical (unpaired) electrons. The van der Waals surface area contributed by atoms with Crippen LogP contribution in [0.4, 0.5) is 5.82 Å². The van der Waals surface area contributed by atoms with E-state index in [1.54, 1.807) is 0 Å². The fourth-order valence-corrected chi connectivity index (χ4v) is 2.89. The lowest BCUT2D eigenvalue weighted by molar-refractivity contribution is -0.388. The standard InChI is InChI=1S/C6H9Cl2N4O5P/c7-1-3-16-18(15,17-4-2-8)6-5(12(13)14)9-11-10-6/h1-4H2,(H,9,10,11). The van der Waals surface area contributed by atoms with Crippen LogP contribution in [0, 0.1) is 10.1 Å². The van der Waals surface area contributed by atoms with Gasteiger partial charge in [0.25, 0.3) is 5.44 Å². The third kappa shape index (κ3) is 3.63. The third-order valence-electron chi connectivity index (χ3n) is 1.62. The molecule has 0 aliphatic rings. The quantitative estimate of drug-likeness (QED) is 0.329. The van der Waals surface area contributed by atoms with Gasteiger partial charge in [0.1, 0.15) is 0 Å². The number of rotatable bonds is 8. The van der Waals surface area contributed by atoms with Crippen LogP contribution in [0.2, 0.25) is 0 Å². The Morgan fingerprint density at radius 2 is 1.83 bits per heavy atom. The monoisotopic (exact) mass is 318 g/mol. The minimum Gasteiger partial charge on any atom is -0.358 e. The molecule has 1 aromatic heterocycles. The van der Waals surface area contributed by atoms with Crippen LogP contribution in [0.3, 0.4) is 0 Å². The second-order valence-corrected chi connectivity index (χ2v) is 5.46. The zero-order valence-corrected chi connectivity index (χ0v) is 11.3. The molecule has 0 aliphatic heterocycles. The SMILES string of the molecule is O=[N+]([O-])c1n[nH]nc1P(=O)(OCCCl)OCCCl. The predicted molar refractivity (Wildman–Crippen MR) is 63.6 cm³/mol. The van der Waals surface area contributed by atoms with Crippen LogP contribution >= 0.6 is 30.8 Å². The Morgan fingerprint density at radius 1 is 1.28 bits per heavy atom. The summed E-state index contributed by atoms with van der Waals surface area (Å²) >= 11 is 10.8. The lowest BCUT2D eigenvalue weighted by atomic mass is 10.8. The van der Waals surface area contributed by atoms with Crippen molar-refractivity contribution in [2.45, 2.75) is 0 Å². The summed E-state index contributed by atoms with van der Waals surface area (Å²) in [6.45, 7) is -0.240. The molecule has 0 amide bonds. The molecule has 1 rings (SSSR count). The number of nitrogens with one attached hydrogen (secondary N) is 1. The molecule has 0 saturated carbocycles. The van der Waals surface area contributed by atoms with Crippen molar-refractivity contribution in [3.63, 3.8) is 0 Å². The molecular formula is C6H9Cl2N4O5P. The lowest BCUT2D eigenvalue weighted by Gasteiger charge is -2.14. The zero-order valence-electron chi connectivity index (χ0n) is 8.91. The first-order valence-electron chi connectivity index (χ1n) is 4.62. The number of nitrogens with zero attached hydrogens (tertiary/aromatic N) is 3. The summed E-state index contributed by atoms with van der Waals surface area (Å²) in [5.41, 5.74) is -0.497. The Hall–Kier alpha value is -0.730.